The third-order valence-electron chi connectivity index (χ3n) is 1.78. The van der Waals surface area contributed by atoms with Crippen LogP contribution in [0.25, 0.3) is 0 Å². The molecule has 0 aliphatic heterocycles. The van der Waals surface area contributed by atoms with Gasteiger partial charge in [-0.2, -0.15) is 0 Å². The zero-order valence-electron chi connectivity index (χ0n) is 8.52. The molecule has 6 nitrogen and oxygen atoms in total. The number of esters is 1. The molecule has 84 valence electrons. The predicted molar refractivity (Wildman–Crippen MR) is 55.6 cm³/mol. The van der Waals surface area contributed by atoms with Gasteiger partial charge in [-0.05, 0) is 18.2 Å². The van der Waals surface area contributed by atoms with Crippen LogP contribution in [0, 0.1) is 0 Å². The van der Waals surface area contributed by atoms with Crippen molar-refractivity contribution in [3.05, 3.63) is 29.8 Å². The van der Waals surface area contributed by atoms with Crippen molar-refractivity contribution in [2.75, 3.05) is 12.4 Å². The molecule has 0 unspecified atom stereocenters. The number of hydrogen-bond donors (Lipinski definition) is 2. The van der Waals surface area contributed by atoms with E-state index in [1.165, 1.54) is 24.3 Å². The van der Waals surface area contributed by atoms with E-state index in [1.54, 1.807) is 0 Å². The highest BCUT2D eigenvalue weighted by Gasteiger charge is 2.13. The number of benzene rings is 1. The van der Waals surface area contributed by atoms with Crippen LogP contribution >= 0.6 is 0 Å². The molecule has 0 heterocycles. The fourth-order valence-corrected chi connectivity index (χ4v) is 1.03. The summed E-state index contributed by atoms with van der Waals surface area (Å²) in [6, 6.07) is 5.92. The number of carbonyl (C=O) groups is 3. The number of primary amides is 1. The molecule has 6 heteroatoms. The van der Waals surface area contributed by atoms with Crippen molar-refractivity contribution in [1.29, 1.82) is 0 Å². The normalized spacial score (nSPS) is 9.31. The maximum atomic E-state index is 11.1. The topological polar surface area (TPSA) is 98.5 Å². The van der Waals surface area contributed by atoms with Gasteiger partial charge in [-0.15, -0.1) is 0 Å². The van der Waals surface area contributed by atoms with Gasteiger partial charge in [0, 0.05) is 11.3 Å². The van der Waals surface area contributed by atoms with Gasteiger partial charge in [0.1, 0.15) is 0 Å². The summed E-state index contributed by atoms with van der Waals surface area (Å²) in [5.74, 6) is -2.54. The van der Waals surface area contributed by atoms with Gasteiger partial charge in [0.15, 0.2) is 0 Å². The number of rotatable bonds is 2. The van der Waals surface area contributed by atoms with Crippen LogP contribution in [-0.2, 0) is 14.3 Å². The SMILES string of the molecule is COC(=O)C(=O)Nc1cccc(C(N)=O)c1. The van der Waals surface area contributed by atoms with Crippen LogP contribution in [0.3, 0.4) is 0 Å². The van der Waals surface area contributed by atoms with Gasteiger partial charge < -0.3 is 15.8 Å². The smallest absolute Gasteiger partial charge is 0.396 e. The van der Waals surface area contributed by atoms with Gasteiger partial charge >= 0.3 is 11.9 Å². The van der Waals surface area contributed by atoms with Crippen LogP contribution in [0.5, 0.6) is 0 Å². The van der Waals surface area contributed by atoms with Crippen molar-refractivity contribution in [1.82, 2.24) is 0 Å². The van der Waals surface area contributed by atoms with Crippen LogP contribution in [-0.4, -0.2) is 24.9 Å². The van der Waals surface area contributed by atoms with Gasteiger partial charge in [-0.1, -0.05) is 6.07 Å². The predicted octanol–water partition coefficient (Wildman–Crippen LogP) is -0.103. The Morgan fingerprint density at radius 1 is 1.31 bits per heavy atom. The standard InChI is InChI=1S/C10H10N2O4/c1-16-10(15)9(14)12-7-4-2-3-6(5-7)8(11)13/h2-5H,1H3,(H2,11,13)(H,12,14). The highest BCUT2D eigenvalue weighted by atomic mass is 16.5. The third kappa shape index (κ3) is 2.81. The van der Waals surface area contributed by atoms with Gasteiger partial charge in [-0.25, -0.2) is 4.79 Å². The lowest BCUT2D eigenvalue weighted by Gasteiger charge is -2.04. The number of nitrogens with two attached hydrogens (primary N) is 1. The molecule has 0 fully saturated rings. The first-order valence-electron chi connectivity index (χ1n) is 4.33. The third-order valence-corrected chi connectivity index (χ3v) is 1.78. The first-order chi connectivity index (χ1) is 7.54. The molecule has 1 aromatic carbocycles. The largest absolute Gasteiger partial charge is 0.462 e. The molecule has 0 aromatic heterocycles. The van der Waals surface area contributed by atoms with Gasteiger partial charge in [0.05, 0.1) is 7.11 Å². The Kier molecular flexibility index (Phi) is 3.60. The molecule has 1 aromatic rings. The fourth-order valence-electron chi connectivity index (χ4n) is 1.03. The van der Waals surface area contributed by atoms with Crippen LogP contribution in [0.4, 0.5) is 5.69 Å². The molecular weight excluding hydrogens is 212 g/mol. The number of methoxy groups -OCH3 is 1. The van der Waals surface area contributed by atoms with E-state index in [1.807, 2.05) is 0 Å². The Morgan fingerprint density at radius 3 is 2.56 bits per heavy atom. The summed E-state index contributed by atoms with van der Waals surface area (Å²) in [7, 11) is 1.10. The van der Waals surface area contributed by atoms with Crippen molar-refractivity contribution in [3.63, 3.8) is 0 Å². The molecule has 3 N–H and O–H groups in total. The Balaban J connectivity index is 2.82. The fraction of sp³-hybridized carbons (Fsp3) is 0.100. The highest BCUT2D eigenvalue weighted by molar-refractivity contribution is 6.37. The molecule has 0 atom stereocenters. The number of anilines is 1. The Labute approximate surface area is 91.4 Å². The number of hydrogen-bond acceptors (Lipinski definition) is 4. The zero-order valence-corrected chi connectivity index (χ0v) is 8.52. The number of nitrogens with one attached hydrogen (secondary N) is 1. The number of amides is 2. The summed E-state index contributed by atoms with van der Waals surface area (Å²) in [5, 5.41) is 2.27. The summed E-state index contributed by atoms with van der Waals surface area (Å²) in [6.07, 6.45) is 0. The molecule has 1 rings (SSSR count). The van der Waals surface area contributed by atoms with E-state index in [0.717, 1.165) is 7.11 Å². The minimum absolute atomic E-state index is 0.239. The molecule has 0 aliphatic carbocycles. The van der Waals surface area contributed by atoms with Crippen LogP contribution < -0.4 is 11.1 Å². The molecule has 0 saturated carbocycles. The Hall–Kier alpha value is -2.37. The van der Waals surface area contributed by atoms with Crippen LogP contribution in [0.15, 0.2) is 24.3 Å². The first-order valence-corrected chi connectivity index (χ1v) is 4.33. The van der Waals surface area contributed by atoms with Gasteiger partial charge in [-0.3, -0.25) is 9.59 Å². The van der Waals surface area contributed by atoms with Crippen molar-refractivity contribution >= 4 is 23.5 Å². The Morgan fingerprint density at radius 2 is 2.00 bits per heavy atom. The second-order valence-electron chi connectivity index (χ2n) is 2.89. The molecule has 0 spiro atoms. The minimum atomic E-state index is -1.01. The van der Waals surface area contributed by atoms with E-state index in [-0.39, 0.29) is 5.56 Å². The van der Waals surface area contributed by atoms with Gasteiger partial charge in [0.2, 0.25) is 5.91 Å². The van der Waals surface area contributed by atoms with E-state index in [9.17, 15) is 14.4 Å². The van der Waals surface area contributed by atoms with Crippen LogP contribution in [0.2, 0.25) is 0 Å². The van der Waals surface area contributed by atoms with Gasteiger partial charge in [0.25, 0.3) is 0 Å². The molecule has 0 aliphatic rings. The first kappa shape index (κ1) is 11.7. The molecule has 0 radical (unpaired) electrons. The molecular formula is C10H10N2O4. The lowest BCUT2D eigenvalue weighted by molar-refractivity contribution is -0.150. The van der Waals surface area contributed by atoms with E-state index in [4.69, 9.17) is 5.73 Å². The minimum Gasteiger partial charge on any atom is -0.462 e. The molecule has 0 saturated heterocycles. The van der Waals surface area contributed by atoms with E-state index >= 15 is 0 Å². The maximum absolute atomic E-state index is 11.1. The van der Waals surface area contributed by atoms with Crippen molar-refractivity contribution in [2.24, 2.45) is 5.73 Å². The van der Waals surface area contributed by atoms with E-state index < -0.39 is 17.8 Å². The number of ether oxygens (including phenoxy) is 1. The molecule has 0 bridgehead atoms. The highest BCUT2D eigenvalue weighted by Crippen LogP contribution is 2.09. The summed E-state index contributed by atoms with van der Waals surface area (Å²) in [5.41, 5.74) is 5.59. The zero-order chi connectivity index (χ0) is 12.1. The molecule has 2 amide bonds. The quantitative estimate of drug-likeness (QED) is 0.539. The second-order valence-corrected chi connectivity index (χ2v) is 2.89. The summed E-state index contributed by atoms with van der Waals surface area (Å²) in [6.45, 7) is 0. The Bertz CT molecular complexity index is 442. The average Bonchev–Trinajstić information content (AvgIpc) is 2.28. The van der Waals surface area contributed by atoms with Crippen LogP contribution in [0.1, 0.15) is 10.4 Å². The monoisotopic (exact) mass is 222 g/mol. The van der Waals surface area contributed by atoms with Crippen molar-refractivity contribution in [2.45, 2.75) is 0 Å². The molecule has 16 heavy (non-hydrogen) atoms. The second kappa shape index (κ2) is 4.92. The summed E-state index contributed by atoms with van der Waals surface area (Å²) in [4.78, 5) is 32.8. The summed E-state index contributed by atoms with van der Waals surface area (Å²) < 4.78 is 4.22. The summed E-state index contributed by atoms with van der Waals surface area (Å²) >= 11 is 0. The number of carbonyl (C=O) groups excluding carboxylic acids is 3. The lowest BCUT2D eigenvalue weighted by atomic mass is 10.2. The maximum Gasteiger partial charge on any atom is 0.396 e. The van der Waals surface area contributed by atoms with E-state index in [0.29, 0.717) is 5.69 Å². The lowest BCUT2D eigenvalue weighted by Crippen LogP contribution is -2.24. The van der Waals surface area contributed by atoms with Crippen molar-refractivity contribution in [3.8, 4) is 0 Å². The average molecular weight is 222 g/mol. The van der Waals surface area contributed by atoms with E-state index in [2.05, 4.69) is 10.1 Å². The van der Waals surface area contributed by atoms with Crippen molar-refractivity contribution < 1.29 is 19.1 Å².